The van der Waals surface area contributed by atoms with Gasteiger partial charge in [0, 0.05) is 36.0 Å². The third-order valence-corrected chi connectivity index (χ3v) is 2.58. The standard InChI is InChI=1S/C5H12O4.C4H6O2.5C3H4O2/c6-1-5(2-7,3-8)4-9;1-3(2)4(5)6;5*1-2-3(4)5/h6-9H,1-4H2;1H2,2H3,(H,5,6);5*2H,1H2,(H,4,5). The Morgan fingerprint density at radius 1 is 0.500 bits per heavy atom. The maximum absolute atomic E-state index is 9.60. The first-order chi connectivity index (χ1) is 18.2. The van der Waals surface area contributed by atoms with Gasteiger partial charge in [-0.2, -0.15) is 0 Å². The first-order valence-electron chi connectivity index (χ1n) is 9.83. The molecule has 0 heterocycles. The predicted molar refractivity (Wildman–Crippen MR) is 142 cm³/mol. The number of hydrogen-bond acceptors (Lipinski definition) is 10. The Balaban J connectivity index is -0.0000000645. The summed E-state index contributed by atoms with van der Waals surface area (Å²) in [6, 6.07) is 0. The number of carboxylic acid groups (broad SMARTS) is 6. The van der Waals surface area contributed by atoms with Gasteiger partial charge in [0.25, 0.3) is 0 Å². The van der Waals surface area contributed by atoms with E-state index in [9.17, 15) is 28.8 Å². The highest BCUT2D eigenvalue weighted by Crippen LogP contribution is 2.11. The highest BCUT2D eigenvalue weighted by atomic mass is 16.4. The molecule has 0 aliphatic heterocycles. The van der Waals surface area contributed by atoms with Gasteiger partial charge in [0.2, 0.25) is 0 Å². The third-order valence-electron chi connectivity index (χ3n) is 2.58. The summed E-state index contributed by atoms with van der Waals surface area (Å²) >= 11 is 0. The predicted octanol–water partition coefficient (Wildman–Crippen LogP) is -0.126. The summed E-state index contributed by atoms with van der Waals surface area (Å²) in [7, 11) is 0. The molecule has 40 heavy (non-hydrogen) atoms. The van der Waals surface area contributed by atoms with Crippen molar-refractivity contribution in [1.29, 1.82) is 0 Å². The second kappa shape index (κ2) is 38.6. The lowest BCUT2D eigenvalue weighted by Crippen LogP contribution is -2.37. The number of aliphatic hydroxyl groups excluding tert-OH is 4. The van der Waals surface area contributed by atoms with Crippen molar-refractivity contribution in [2.45, 2.75) is 6.92 Å². The number of hydrogen-bond donors (Lipinski definition) is 10. The molecule has 0 amide bonds. The van der Waals surface area contributed by atoms with Crippen LogP contribution in [0.2, 0.25) is 0 Å². The highest BCUT2D eigenvalue weighted by Gasteiger charge is 2.26. The molecule has 10 N–H and O–H groups in total. The number of carbonyl (C=O) groups is 6. The Kier molecular flexibility index (Phi) is 49.9. The molecule has 16 heteroatoms. The average Bonchev–Trinajstić information content (AvgIpc) is 2.92. The fraction of sp³-hybridized carbons (Fsp3) is 0.250. The van der Waals surface area contributed by atoms with Gasteiger partial charge in [-0.05, 0) is 6.92 Å². The number of rotatable bonds is 10. The Labute approximate surface area is 230 Å². The summed E-state index contributed by atoms with van der Waals surface area (Å²) in [5.41, 5.74) is -0.935. The van der Waals surface area contributed by atoms with Gasteiger partial charge >= 0.3 is 35.8 Å². The van der Waals surface area contributed by atoms with Crippen molar-refractivity contribution in [3.05, 3.63) is 75.4 Å². The van der Waals surface area contributed by atoms with Crippen molar-refractivity contribution >= 4 is 35.8 Å². The molecule has 0 aromatic heterocycles. The van der Waals surface area contributed by atoms with E-state index in [1.807, 2.05) is 0 Å². The number of carboxylic acids is 6. The molecule has 230 valence electrons. The molecule has 0 spiro atoms. The fourth-order valence-corrected chi connectivity index (χ4v) is 0.300. The van der Waals surface area contributed by atoms with Gasteiger partial charge in [0.1, 0.15) is 0 Å². The Morgan fingerprint density at radius 3 is 0.600 bits per heavy atom. The zero-order valence-corrected chi connectivity index (χ0v) is 21.9. The Bertz CT molecular complexity index is 674. The lowest BCUT2D eigenvalue weighted by molar-refractivity contribution is -0.133. The Morgan fingerprint density at radius 2 is 0.600 bits per heavy atom. The van der Waals surface area contributed by atoms with Crippen molar-refractivity contribution < 1.29 is 79.8 Å². The third kappa shape index (κ3) is 76.6. The van der Waals surface area contributed by atoms with Crippen LogP contribution in [0.1, 0.15) is 6.92 Å². The summed E-state index contributed by atoms with van der Waals surface area (Å²) < 4.78 is 0. The average molecular weight is 583 g/mol. The maximum atomic E-state index is 9.60. The van der Waals surface area contributed by atoms with Crippen molar-refractivity contribution in [1.82, 2.24) is 0 Å². The van der Waals surface area contributed by atoms with Gasteiger partial charge in [-0.25, -0.2) is 28.8 Å². The van der Waals surface area contributed by atoms with E-state index in [1.165, 1.54) is 6.92 Å². The number of aliphatic carboxylic acids is 6. The molecular weight excluding hydrogens is 544 g/mol. The monoisotopic (exact) mass is 582 g/mol. The Hall–Kier alpha value is -4.90. The summed E-state index contributed by atoms with van der Waals surface area (Å²) in [6.07, 6.45) is 4.17. The molecule has 16 nitrogen and oxygen atoms in total. The first kappa shape index (κ1) is 51.7. The minimum absolute atomic E-state index is 0.176. The molecule has 0 radical (unpaired) electrons. The first-order valence-corrected chi connectivity index (χ1v) is 9.83. The molecular formula is C24H38O16. The molecule has 0 saturated carbocycles. The van der Waals surface area contributed by atoms with Gasteiger partial charge in [0.05, 0.1) is 31.8 Å². The summed E-state index contributed by atoms with van der Waals surface area (Å²) in [5, 5.41) is 79.9. The van der Waals surface area contributed by atoms with E-state index in [0.717, 1.165) is 30.4 Å². The van der Waals surface area contributed by atoms with E-state index >= 15 is 0 Å². The molecule has 0 bridgehead atoms. The van der Waals surface area contributed by atoms with Crippen LogP contribution in [0.25, 0.3) is 0 Å². The lowest BCUT2D eigenvalue weighted by Gasteiger charge is -2.23. The number of aliphatic hydroxyl groups is 4. The van der Waals surface area contributed by atoms with Crippen LogP contribution in [0.15, 0.2) is 75.4 Å². The van der Waals surface area contributed by atoms with E-state index in [1.54, 1.807) is 0 Å². The zero-order valence-electron chi connectivity index (χ0n) is 21.9. The van der Waals surface area contributed by atoms with Crippen LogP contribution in [-0.4, -0.2) is 113 Å². The normalized spacial score (nSPS) is 7.83. The van der Waals surface area contributed by atoms with E-state index in [-0.39, 0.29) is 5.57 Å². The molecule has 0 aromatic rings. The van der Waals surface area contributed by atoms with Crippen LogP contribution in [0.3, 0.4) is 0 Å². The van der Waals surface area contributed by atoms with E-state index in [0.29, 0.717) is 0 Å². The zero-order chi connectivity index (χ0) is 33.9. The van der Waals surface area contributed by atoms with Crippen LogP contribution in [0.4, 0.5) is 0 Å². The highest BCUT2D eigenvalue weighted by molar-refractivity contribution is 5.84. The minimum atomic E-state index is -1.11. The molecule has 0 aliphatic rings. The topological polar surface area (TPSA) is 305 Å². The lowest BCUT2D eigenvalue weighted by atomic mass is 9.93. The molecule has 0 unspecified atom stereocenters. The van der Waals surface area contributed by atoms with Crippen molar-refractivity contribution in [3.63, 3.8) is 0 Å². The minimum Gasteiger partial charge on any atom is -0.478 e. The van der Waals surface area contributed by atoms with Gasteiger partial charge in [-0.3, -0.25) is 0 Å². The van der Waals surface area contributed by atoms with Gasteiger partial charge in [-0.15, -0.1) is 0 Å². The largest absolute Gasteiger partial charge is 0.478 e. The van der Waals surface area contributed by atoms with Crippen LogP contribution in [0.5, 0.6) is 0 Å². The summed E-state index contributed by atoms with van der Waals surface area (Å²) in [4.78, 5) is 55.8. The SMILES string of the molecule is C=C(C)C(=O)O.C=CC(=O)O.C=CC(=O)O.C=CC(=O)O.C=CC(=O)O.C=CC(=O)O.OCC(CO)(CO)CO. The fourth-order valence-electron chi connectivity index (χ4n) is 0.300. The molecule has 0 saturated heterocycles. The van der Waals surface area contributed by atoms with Crippen LogP contribution in [0, 0.1) is 5.41 Å². The maximum Gasteiger partial charge on any atom is 0.330 e. The van der Waals surface area contributed by atoms with Crippen molar-refractivity contribution in [3.8, 4) is 0 Å². The van der Waals surface area contributed by atoms with E-state index < -0.39 is 67.7 Å². The second-order valence-corrected chi connectivity index (χ2v) is 5.93. The van der Waals surface area contributed by atoms with E-state index in [2.05, 4.69) is 39.5 Å². The molecule has 0 aliphatic carbocycles. The van der Waals surface area contributed by atoms with Crippen molar-refractivity contribution in [2.75, 3.05) is 26.4 Å². The van der Waals surface area contributed by atoms with Gasteiger partial charge in [0.15, 0.2) is 0 Å². The van der Waals surface area contributed by atoms with Crippen molar-refractivity contribution in [2.24, 2.45) is 5.41 Å². The quantitative estimate of drug-likeness (QED) is 0.150. The van der Waals surface area contributed by atoms with Crippen LogP contribution >= 0.6 is 0 Å². The summed E-state index contributed by atoms with van der Waals surface area (Å²) in [5.74, 6) is -5.84. The molecule has 0 atom stereocenters. The van der Waals surface area contributed by atoms with Gasteiger partial charge < -0.3 is 51.1 Å². The van der Waals surface area contributed by atoms with E-state index in [4.69, 9.17) is 51.1 Å². The van der Waals surface area contributed by atoms with Gasteiger partial charge in [-0.1, -0.05) is 39.5 Å². The molecule has 0 fully saturated rings. The molecule has 0 aromatic carbocycles. The van der Waals surface area contributed by atoms with Crippen LogP contribution < -0.4 is 0 Å². The molecule has 0 rings (SSSR count). The smallest absolute Gasteiger partial charge is 0.330 e. The van der Waals surface area contributed by atoms with Crippen LogP contribution in [-0.2, 0) is 28.8 Å². The second-order valence-electron chi connectivity index (χ2n) is 5.93. The summed E-state index contributed by atoms with van der Waals surface area (Å²) in [6.45, 7) is 17.8.